The van der Waals surface area contributed by atoms with Gasteiger partial charge in [-0.3, -0.25) is 0 Å². The van der Waals surface area contributed by atoms with E-state index < -0.39 is 0 Å². The van der Waals surface area contributed by atoms with Crippen LogP contribution in [0, 0.1) is 0 Å². The van der Waals surface area contributed by atoms with E-state index in [-0.39, 0.29) is 0 Å². The fourth-order valence-corrected chi connectivity index (χ4v) is 2.74. The number of rotatable bonds is 3. The second-order valence-corrected chi connectivity index (χ2v) is 5.68. The van der Waals surface area contributed by atoms with Crippen LogP contribution in [0.4, 0.5) is 5.95 Å². The third-order valence-corrected chi connectivity index (χ3v) is 4.10. The molecule has 6 nitrogen and oxygen atoms in total. The van der Waals surface area contributed by atoms with E-state index in [0.717, 1.165) is 49.1 Å². The Morgan fingerprint density at radius 2 is 1.65 bits per heavy atom. The lowest BCUT2D eigenvalue weighted by atomic mass is 10.1. The number of furan rings is 2. The molecule has 6 heteroatoms. The smallest absolute Gasteiger partial charge is 0.226 e. The largest absolute Gasteiger partial charge is 0.464 e. The molecule has 0 aromatic carbocycles. The second kappa shape index (κ2) is 5.89. The minimum absolute atomic E-state index is 0.717. The van der Waals surface area contributed by atoms with Crippen molar-refractivity contribution in [1.29, 1.82) is 0 Å². The molecule has 118 valence electrons. The zero-order valence-corrected chi connectivity index (χ0v) is 13.0. The Labute approximate surface area is 134 Å². The standard InChI is InChI=1S/C17H18N4O2/c1-20-6-8-21(9-7-20)17-18-12-13(14-4-2-10-22-14)16(19-17)15-5-3-11-23-15/h2-5,10-12H,6-9H2,1H3. The Kier molecular flexibility index (Phi) is 3.59. The summed E-state index contributed by atoms with van der Waals surface area (Å²) in [4.78, 5) is 13.8. The summed E-state index contributed by atoms with van der Waals surface area (Å²) in [7, 11) is 2.13. The lowest BCUT2D eigenvalue weighted by Gasteiger charge is -2.32. The van der Waals surface area contributed by atoms with Crippen molar-refractivity contribution < 1.29 is 8.83 Å². The zero-order valence-electron chi connectivity index (χ0n) is 13.0. The Balaban J connectivity index is 1.75. The average molecular weight is 310 g/mol. The van der Waals surface area contributed by atoms with Crippen molar-refractivity contribution in [2.75, 3.05) is 38.1 Å². The summed E-state index contributed by atoms with van der Waals surface area (Å²) in [6, 6.07) is 7.53. The molecule has 1 aliphatic rings. The molecular formula is C17H18N4O2. The number of hydrogen-bond acceptors (Lipinski definition) is 6. The molecule has 3 aromatic heterocycles. The average Bonchev–Trinajstić information content (AvgIpc) is 3.29. The topological polar surface area (TPSA) is 58.5 Å². The maximum atomic E-state index is 5.56. The van der Waals surface area contributed by atoms with Crippen molar-refractivity contribution in [2.45, 2.75) is 0 Å². The lowest BCUT2D eigenvalue weighted by Crippen LogP contribution is -2.45. The summed E-state index contributed by atoms with van der Waals surface area (Å²) in [6.45, 7) is 3.88. The fourth-order valence-electron chi connectivity index (χ4n) is 2.74. The van der Waals surface area contributed by atoms with Gasteiger partial charge in [-0.25, -0.2) is 9.97 Å². The molecule has 1 saturated heterocycles. The molecule has 4 rings (SSSR count). The summed E-state index contributed by atoms with van der Waals surface area (Å²) in [5.74, 6) is 2.19. The Bertz CT molecular complexity index is 760. The van der Waals surface area contributed by atoms with Crippen LogP contribution in [0.5, 0.6) is 0 Å². The highest BCUT2D eigenvalue weighted by Crippen LogP contribution is 2.32. The van der Waals surface area contributed by atoms with E-state index in [1.54, 1.807) is 12.5 Å². The molecule has 4 heterocycles. The molecule has 0 N–H and O–H groups in total. The van der Waals surface area contributed by atoms with Crippen molar-refractivity contribution in [2.24, 2.45) is 0 Å². The van der Waals surface area contributed by atoms with E-state index in [4.69, 9.17) is 13.8 Å². The van der Waals surface area contributed by atoms with E-state index >= 15 is 0 Å². The first-order valence-electron chi connectivity index (χ1n) is 7.69. The van der Waals surface area contributed by atoms with Gasteiger partial charge in [0.2, 0.25) is 5.95 Å². The summed E-state index contributed by atoms with van der Waals surface area (Å²) >= 11 is 0. The quantitative estimate of drug-likeness (QED) is 0.741. The van der Waals surface area contributed by atoms with Crippen LogP contribution in [0.25, 0.3) is 22.8 Å². The van der Waals surface area contributed by atoms with Gasteiger partial charge in [0, 0.05) is 32.4 Å². The predicted molar refractivity (Wildman–Crippen MR) is 87.1 cm³/mol. The first kappa shape index (κ1) is 14.0. The zero-order chi connectivity index (χ0) is 15.6. The Hall–Kier alpha value is -2.60. The van der Waals surface area contributed by atoms with Gasteiger partial charge in [-0.05, 0) is 31.3 Å². The van der Waals surface area contributed by atoms with Gasteiger partial charge in [0.1, 0.15) is 11.5 Å². The van der Waals surface area contributed by atoms with Crippen molar-refractivity contribution in [3.05, 3.63) is 43.0 Å². The van der Waals surface area contributed by atoms with Crippen LogP contribution in [-0.2, 0) is 0 Å². The first-order valence-corrected chi connectivity index (χ1v) is 7.69. The number of nitrogens with zero attached hydrogens (tertiary/aromatic N) is 4. The highest BCUT2D eigenvalue weighted by Gasteiger charge is 2.20. The first-order chi connectivity index (χ1) is 11.3. The van der Waals surface area contributed by atoms with Gasteiger partial charge in [0.15, 0.2) is 5.76 Å². The molecule has 3 aromatic rings. The highest BCUT2D eigenvalue weighted by atomic mass is 16.3. The van der Waals surface area contributed by atoms with E-state index in [1.165, 1.54) is 0 Å². The van der Waals surface area contributed by atoms with Crippen LogP contribution in [0.2, 0.25) is 0 Å². The highest BCUT2D eigenvalue weighted by molar-refractivity contribution is 5.75. The van der Waals surface area contributed by atoms with Crippen LogP contribution >= 0.6 is 0 Å². The molecule has 1 aliphatic heterocycles. The summed E-state index contributed by atoms with van der Waals surface area (Å²) in [5, 5.41) is 0. The SMILES string of the molecule is CN1CCN(c2ncc(-c3ccco3)c(-c3ccco3)n2)CC1. The molecule has 0 bridgehead atoms. The number of likely N-dealkylation sites (N-methyl/N-ethyl adjacent to an activating group) is 1. The normalized spacial score (nSPS) is 16.0. The van der Waals surface area contributed by atoms with Crippen LogP contribution in [0.1, 0.15) is 0 Å². The van der Waals surface area contributed by atoms with Gasteiger partial charge in [0.05, 0.1) is 18.1 Å². The van der Waals surface area contributed by atoms with Crippen LogP contribution in [0.3, 0.4) is 0 Å². The minimum Gasteiger partial charge on any atom is -0.464 e. The van der Waals surface area contributed by atoms with Crippen LogP contribution in [0.15, 0.2) is 51.8 Å². The van der Waals surface area contributed by atoms with Gasteiger partial charge in [-0.2, -0.15) is 0 Å². The summed E-state index contributed by atoms with van der Waals surface area (Å²) in [5.41, 5.74) is 1.59. The minimum atomic E-state index is 0.717. The van der Waals surface area contributed by atoms with Crippen molar-refractivity contribution >= 4 is 5.95 Å². The molecule has 0 saturated carbocycles. The van der Waals surface area contributed by atoms with Gasteiger partial charge in [-0.15, -0.1) is 0 Å². The third kappa shape index (κ3) is 2.73. The van der Waals surface area contributed by atoms with Crippen LogP contribution in [-0.4, -0.2) is 48.1 Å². The van der Waals surface area contributed by atoms with Crippen molar-refractivity contribution in [1.82, 2.24) is 14.9 Å². The van der Waals surface area contributed by atoms with Gasteiger partial charge in [0.25, 0.3) is 0 Å². The van der Waals surface area contributed by atoms with E-state index in [9.17, 15) is 0 Å². The molecule has 0 unspecified atom stereocenters. The Morgan fingerprint density at radius 3 is 2.30 bits per heavy atom. The van der Waals surface area contributed by atoms with E-state index in [0.29, 0.717) is 5.76 Å². The molecule has 23 heavy (non-hydrogen) atoms. The van der Waals surface area contributed by atoms with Gasteiger partial charge in [-0.1, -0.05) is 0 Å². The molecule has 0 atom stereocenters. The predicted octanol–water partition coefficient (Wildman–Crippen LogP) is 2.75. The van der Waals surface area contributed by atoms with Gasteiger partial charge < -0.3 is 18.6 Å². The maximum absolute atomic E-state index is 5.56. The second-order valence-electron chi connectivity index (χ2n) is 5.68. The molecular weight excluding hydrogens is 292 g/mol. The lowest BCUT2D eigenvalue weighted by molar-refractivity contribution is 0.311. The van der Waals surface area contributed by atoms with Crippen molar-refractivity contribution in [3.63, 3.8) is 0 Å². The van der Waals surface area contributed by atoms with E-state index in [2.05, 4.69) is 21.8 Å². The van der Waals surface area contributed by atoms with Gasteiger partial charge >= 0.3 is 0 Å². The number of piperazine rings is 1. The molecule has 0 spiro atoms. The van der Waals surface area contributed by atoms with Crippen molar-refractivity contribution in [3.8, 4) is 22.8 Å². The number of hydrogen-bond donors (Lipinski definition) is 0. The molecule has 0 amide bonds. The number of aromatic nitrogens is 2. The molecule has 0 radical (unpaired) electrons. The maximum Gasteiger partial charge on any atom is 0.226 e. The monoisotopic (exact) mass is 310 g/mol. The molecule has 0 aliphatic carbocycles. The number of anilines is 1. The molecule has 1 fully saturated rings. The summed E-state index contributed by atoms with van der Waals surface area (Å²) < 4.78 is 11.1. The van der Waals surface area contributed by atoms with E-state index in [1.807, 2.05) is 30.5 Å². The summed E-state index contributed by atoms with van der Waals surface area (Å²) in [6.07, 6.45) is 5.12. The fraction of sp³-hybridized carbons (Fsp3) is 0.294. The van der Waals surface area contributed by atoms with Crippen LogP contribution < -0.4 is 4.90 Å². The Morgan fingerprint density at radius 1 is 0.957 bits per heavy atom. The third-order valence-electron chi connectivity index (χ3n) is 4.10.